The number of thiazole rings is 1. The molecule has 1 amide bonds. The van der Waals surface area contributed by atoms with E-state index in [1.807, 2.05) is 0 Å². The SMILES string of the molecule is O=C(Nc1ncc(Cl)s1)c1nc(Sc2ncn[nH]2)cnc1Sc1ccc(F)cc1. The first kappa shape index (κ1) is 19.8. The minimum absolute atomic E-state index is 0.0927. The molecule has 2 N–H and O–H groups in total. The van der Waals surface area contributed by atoms with E-state index in [0.29, 0.717) is 29.6 Å². The zero-order valence-corrected chi connectivity index (χ0v) is 17.4. The molecule has 1 aromatic carbocycles. The second-order valence-electron chi connectivity index (χ2n) is 5.23. The van der Waals surface area contributed by atoms with Crippen molar-refractivity contribution >= 4 is 57.5 Å². The molecule has 3 heterocycles. The molecule has 0 aliphatic heterocycles. The highest BCUT2D eigenvalue weighted by atomic mass is 35.5. The van der Waals surface area contributed by atoms with E-state index in [0.717, 1.165) is 11.3 Å². The molecule has 0 unspecified atom stereocenters. The van der Waals surface area contributed by atoms with Gasteiger partial charge in [-0.15, -0.1) is 0 Å². The van der Waals surface area contributed by atoms with Gasteiger partial charge in [0, 0.05) is 4.90 Å². The topological polar surface area (TPSA) is 109 Å². The Morgan fingerprint density at radius 2 is 1.97 bits per heavy atom. The summed E-state index contributed by atoms with van der Waals surface area (Å²) in [6.45, 7) is 0. The zero-order valence-electron chi connectivity index (χ0n) is 14.2. The number of aromatic nitrogens is 6. The van der Waals surface area contributed by atoms with Crippen LogP contribution in [0.15, 0.2) is 63.1 Å². The molecule has 0 aliphatic carbocycles. The fourth-order valence-corrected chi connectivity index (χ4v) is 4.34. The third-order valence-electron chi connectivity index (χ3n) is 3.25. The summed E-state index contributed by atoms with van der Waals surface area (Å²) in [4.78, 5) is 30.4. The molecule has 29 heavy (non-hydrogen) atoms. The highest BCUT2D eigenvalue weighted by Crippen LogP contribution is 2.31. The fraction of sp³-hybridized carbons (Fsp3) is 0. The van der Waals surface area contributed by atoms with Crippen molar-refractivity contribution in [2.24, 2.45) is 0 Å². The number of rotatable bonds is 6. The Labute approximate surface area is 180 Å². The third-order valence-corrected chi connectivity index (χ3v) is 6.08. The van der Waals surface area contributed by atoms with E-state index in [1.54, 1.807) is 12.1 Å². The lowest BCUT2D eigenvalue weighted by molar-refractivity contribution is 0.101. The van der Waals surface area contributed by atoms with Crippen LogP contribution < -0.4 is 5.32 Å². The molecule has 0 radical (unpaired) electrons. The van der Waals surface area contributed by atoms with E-state index in [-0.39, 0.29) is 11.5 Å². The van der Waals surface area contributed by atoms with Gasteiger partial charge in [0.1, 0.15) is 26.5 Å². The fourth-order valence-electron chi connectivity index (χ4n) is 2.06. The van der Waals surface area contributed by atoms with Gasteiger partial charge in [0.2, 0.25) is 0 Å². The number of aromatic amines is 1. The summed E-state index contributed by atoms with van der Waals surface area (Å²) >= 11 is 9.37. The molecule has 146 valence electrons. The second kappa shape index (κ2) is 8.86. The van der Waals surface area contributed by atoms with E-state index in [1.165, 1.54) is 54.4 Å². The monoisotopic (exact) mass is 465 g/mol. The maximum Gasteiger partial charge on any atom is 0.278 e. The number of anilines is 1. The minimum Gasteiger partial charge on any atom is -0.296 e. The number of benzene rings is 1. The van der Waals surface area contributed by atoms with Gasteiger partial charge < -0.3 is 0 Å². The lowest BCUT2D eigenvalue weighted by Gasteiger charge is -2.09. The van der Waals surface area contributed by atoms with Gasteiger partial charge in [-0.05, 0) is 36.0 Å². The summed E-state index contributed by atoms with van der Waals surface area (Å²) in [5.41, 5.74) is 0.0927. The average Bonchev–Trinajstić information content (AvgIpc) is 3.36. The van der Waals surface area contributed by atoms with E-state index < -0.39 is 5.91 Å². The summed E-state index contributed by atoms with van der Waals surface area (Å²) in [5.74, 6) is -0.842. The largest absolute Gasteiger partial charge is 0.296 e. The number of hydrogen-bond acceptors (Lipinski definition) is 9. The predicted molar refractivity (Wildman–Crippen MR) is 108 cm³/mol. The molecule has 3 aromatic heterocycles. The van der Waals surface area contributed by atoms with Gasteiger partial charge in [0.15, 0.2) is 16.0 Å². The van der Waals surface area contributed by atoms with Crippen molar-refractivity contribution in [3.63, 3.8) is 0 Å². The summed E-state index contributed by atoms with van der Waals surface area (Å²) in [6.07, 6.45) is 4.34. The molecule has 8 nitrogen and oxygen atoms in total. The van der Waals surface area contributed by atoms with Gasteiger partial charge in [-0.3, -0.25) is 15.2 Å². The van der Waals surface area contributed by atoms with E-state index in [2.05, 4.69) is 35.5 Å². The molecule has 0 fully saturated rings. The van der Waals surface area contributed by atoms with Crippen LogP contribution in [0.5, 0.6) is 0 Å². The van der Waals surface area contributed by atoms with Crippen LogP contribution in [0.3, 0.4) is 0 Å². The van der Waals surface area contributed by atoms with Gasteiger partial charge >= 0.3 is 0 Å². The van der Waals surface area contributed by atoms with Crippen molar-refractivity contribution in [2.45, 2.75) is 20.1 Å². The smallest absolute Gasteiger partial charge is 0.278 e. The Bertz CT molecular complexity index is 1140. The number of carbonyl (C=O) groups excluding carboxylic acids is 1. The highest BCUT2D eigenvalue weighted by molar-refractivity contribution is 7.99. The first-order chi connectivity index (χ1) is 14.1. The third kappa shape index (κ3) is 5.09. The van der Waals surface area contributed by atoms with Crippen LogP contribution >= 0.6 is 46.5 Å². The minimum atomic E-state index is -0.492. The molecule has 4 rings (SSSR count). The molecular formula is C16H9ClFN7OS3. The Balaban J connectivity index is 1.64. The number of H-pyrrole nitrogens is 1. The molecule has 0 saturated heterocycles. The van der Waals surface area contributed by atoms with Gasteiger partial charge in [-0.1, -0.05) is 34.7 Å². The van der Waals surface area contributed by atoms with Crippen LogP contribution in [0, 0.1) is 5.82 Å². The first-order valence-corrected chi connectivity index (χ1v) is 10.7. The zero-order chi connectivity index (χ0) is 20.2. The lowest BCUT2D eigenvalue weighted by Crippen LogP contribution is -2.16. The van der Waals surface area contributed by atoms with E-state index in [9.17, 15) is 9.18 Å². The highest BCUT2D eigenvalue weighted by Gasteiger charge is 2.19. The van der Waals surface area contributed by atoms with Crippen molar-refractivity contribution in [1.29, 1.82) is 0 Å². The summed E-state index contributed by atoms with van der Waals surface area (Å²) in [5, 5.41) is 10.8. The van der Waals surface area contributed by atoms with Crippen LogP contribution in [0.25, 0.3) is 0 Å². The van der Waals surface area contributed by atoms with Crippen LogP contribution in [-0.4, -0.2) is 36.0 Å². The number of amides is 1. The van der Waals surface area contributed by atoms with Crippen molar-refractivity contribution in [3.05, 3.63) is 58.8 Å². The van der Waals surface area contributed by atoms with Gasteiger partial charge in [0.25, 0.3) is 5.91 Å². The van der Waals surface area contributed by atoms with Crippen molar-refractivity contribution in [3.8, 4) is 0 Å². The summed E-state index contributed by atoms with van der Waals surface area (Å²) in [7, 11) is 0. The Kier molecular flexibility index (Phi) is 6.04. The van der Waals surface area contributed by atoms with E-state index >= 15 is 0 Å². The Morgan fingerprint density at radius 1 is 1.14 bits per heavy atom. The van der Waals surface area contributed by atoms with Crippen LogP contribution in [-0.2, 0) is 0 Å². The van der Waals surface area contributed by atoms with Gasteiger partial charge in [-0.2, -0.15) is 5.10 Å². The quantitative estimate of drug-likeness (QED) is 0.431. The Hall–Kier alpha value is -2.54. The molecule has 13 heteroatoms. The van der Waals surface area contributed by atoms with Gasteiger partial charge in [0.05, 0.1) is 12.4 Å². The molecular weight excluding hydrogens is 457 g/mol. The maximum absolute atomic E-state index is 13.2. The molecule has 0 atom stereocenters. The normalized spacial score (nSPS) is 10.8. The lowest BCUT2D eigenvalue weighted by atomic mass is 10.3. The van der Waals surface area contributed by atoms with Crippen molar-refractivity contribution in [2.75, 3.05) is 5.32 Å². The second-order valence-corrected chi connectivity index (χ2v) is 8.97. The number of nitrogens with zero attached hydrogens (tertiary/aromatic N) is 5. The molecule has 0 saturated carbocycles. The number of carbonyl (C=O) groups is 1. The number of hydrogen-bond donors (Lipinski definition) is 2. The van der Waals surface area contributed by atoms with Gasteiger partial charge in [-0.25, -0.2) is 24.3 Å². The number of halogens is 2. The Morgan fingerprint density at radius 3 is 2.66 bits per heavy atom. The summed E-state index contributed by atoms with van der Waals surface area (Å²) in [6, 6.07) is 5.87. The maximum atomic E-state index is 13.2. The molecule has 0 spiro atoms. The van der Waals surface area contributed by atoms with E-state index in [4.69, 9.17) is 11.6 Å². The van der Waals surface area contributed by atoms with Crippen molar-refractivity contribution < 1.29 is 9.18 Å². The van der Waals surface area contributed by atoms with Crippen molar-refractivity contribution in [1.82, 2.24) is 30.1 Å². The molecule has 4 aromatic rings. The molecule has 0 aliphatic rings. The summed E-state index contributed by atoms with van der Waals surface area (Å²) < 4.78 is 13.6. The number of nitrogens with one attached hydrogen (secondary N) is 2. The van der Waals surface area contributed by atoms with Crippen LogP contribution in [0.4, 0.5) is 9.52 Å². The standard InChI is InChI=1S/C16H9ClFN7OS3/c17-10-5-20-15(28-10)24-13(26)12-14(27-9-3-1-8(18)2-4-9)19-6-11(23-12)29-16-21-7-22-25-16/h1-7H,(H,20,24,26)(H,21,22,25). The average molecular weight is 466 g/mol. The predicted octanol–water partition coefficient (Wildman–Crippen LogP) is 4.40. The van der Waals surface area contributed by atoms with Crippen LogP contribution in [0.2, 0.25) is 4.34 Å². The molecule has 0 bridgehead atoms. The first-order valence-electron chi connectivity index (χ1n) is 7.83. The van der Waals surface area contributed by atoms with Crippen LogP contribution in [0.1, 0.15) is 10.5 Å².